The van der Waals surface area contributed by atoms with Crippen molar-refractivity contribution in [1.29, 1.82) is 0 Å². The Hall–Kier alpha value is -4.68. The van der Waals surface area contributed by atoms with E-state index in [-0.39, 0.29) is 11.9 Å². The third-order valence-corrected chi connectivity index (χ3v) is 5.37. The Morgan fingerprint density at radius 1 is 1.14 bits per heavy atom. The van der Waals surface area contributed by atoms with Gasteiger partial charge in [-0.25, -0.2) is 4.98 Å². The lowest BCUT2D eigenvalue weighted by Gasteiger charge is -2.13. The molecule has 35 heavy (non-hydrogen) atoms. The smallest absolute Gasteiger partial charge is 0.248 e. The summed E-state index contributed by atoms with van der Waals surface area (Å²) in [5.74, 6) is 0.861. The molecule has 3 N–H and O–H groups in total. The van der Waals surface area contributed by atoms with Crippen molar-refractivity contribution in [3.8, 4) is 11.6 Å². The van der Waals surface area contributed by atoms with E-state index in [1.165, 1.54) is 6.26 Å². The number of nitrogens with zero attached hydrogens (tertiary/aromatic N) is 2. The Bertz CT molecular complexity index is 1430. The monoisotopic (exact) mass is 468 g/mol. The molecule has 1 atom stereocenters. The summed E-state index contributed by atoms with van der Waals surface area (Å²) in [6.07, 6.45) is 6.17. The minimum atomic E-state index is -0.411. The Morgan fingerprint density at radius 2 is 2.03 bits per heavy atom. The van der Waals surface area contributed by atoms with Gasteiger partial charge in [-0.1, -0.05) is 24.4 Å². The van der Waals surface area contributed by atoms with Crippen LogP contribution in [0.25, 0.3) is 21.7 Å². The third-order valence-electron chi connectivity index (χ3n) is 5.37. The number of benzene rings is 2. The van der Waals surface area contributed by atoms with E-state index in [4.69, 9.17) is 15.2 Å². The predicted octanol–water partition coefficient (Wildman–Crippen LogP) is 3.90. The normalized spacial score (nSPS) is 14.4. The largest absolute Gasteiger partial charge is 0.475 e. The summed E-state index contributed by atoms with van der Waals surface area (Å²) in [4.78, 5) is 30.5. The van der Waals surface area contributed by atoms with E-state index in [1.807, 2.05) is 36.4 Å². The van der Waals surface area contributed by atoms with Crippen molar-refractivity contribution < 1.29 is 19.1 Å². The molecule has 176 valence electrons. The molecule has 1 saturated heterocycles. The van der Waals surface area contributed by atoms with Crippen molar-refractivity contribution in [2.24, 2.45) is 5.73 Å². The number of hydrogen-bond donors (Lipinski definition) is 2. The predicted molar refractivity (Wildman–Crippen MR) is 133 cm³/mol. The molecule has 1 aliphatic heterocycles. The van der Waals surface area contributed by atoms with Crippen LogP contribution in [0.15, 0.2) is 85.6 Å². The van der Waals surface area contributed by atoms with E-state index in [9.17, 15) is 9.59 Å². The fourth-order valence-electron chi connectivity index (χ4n) is 3.63. The van der Waals surface area contributed by atoms with Crippen LogP contribution in [0.1, 0.15) is 23.2 Å². The summed E-state index contributed by atoms with van der Waals surface area (Å²) < 4.78 is 11.2. The van der Waals surface area contributed by atoms with Crippen LogP contribution in [0.3, 0.4) is 0 Å². The van der Waals surface area contributed by atoms with E-state index in [0.717, 1.165) is 28.1 Å². The molecule has 0 aliphatic carbocycles. The van der Waals surface area contributed by atoms with Gasteiger partial charge in [-0.2, -0.15) is 0 Å². The van der Waals surface area contributed by atoms with Crippen LogP contribution in [0, 0.1) is 0 Å². The first-order valence-electron chi connectivity index (χ1n) is 11.0. The Kier molecular flexibility index (Phi) is 7.35. The molecule has 5 rings (SSSR count). The first kappa shape index (κ1) is 23.5. The number of nitrogens with one attached hydrogen (secondary N) is 1. The van der Waals surface area contributed by atoms with E-state index in [0.29, 0.717) is 30.2 Å². The SMILES string of the molecule is C=C=COc1ccc2ccnc(OC[C@@H]3CCC(=O)N3)c2c1.NC(=O)c1ccc2ncccc2c1. The van der Waals surface area contributed by atoms with Gasteiger partial charge in [0.2, 0.25) is 17.7 Å². The highest BCUT2D eigenvalue weighted by atomic mass is 16.5. The van der Waals surface area contributed by atoms with Crippen LogP contribution >= 0.6 is 0 Å². The molecular formula is C27H24N4O4. The number of pyridine rings is 2. The lowest BCUT2D eigenvalue weighted by Crippen LogP contribution is -2.31. The molecule has 1 aliphatic rings. The lowest BCUT2D eigenvalue weighted by atomic mass is 10.1. The van der Waals surface area contributed by atoms with Crippen molar-refractivity contribution in [2.45, 2.75) is 18.9 Å². The van der Waals surface area contributed by atoms with Gasteiger partial charge in [0.05, 0.1) is 11.6 Å². The molecule has 0 bridgehead atoms. The number of ether oxygens (including phenoxy) is 2. The molecule has 0 spiro atoms. The molecule has 2 aromatic heterocycles. The van der Waals surface area contributed by atoms with E-state index >= 15 is 0 Å². The maximum Gasteiger partial charge on any atom is 0.248 e. The van der Waals surface area contributed by atoms with Gasteiger partial charge < -0.3 is 20.5 Å². The topological polar surface area (TPSA) is 116 Å². The molecule has 8 nitrogen and oxygen atoms in total. The van der Waals surface area contributed by atoms with E-state index in [1.54, 1.807) is 30.6 Å². The molecule has 4 aromatic rings. The first-order valence-corrected chi connectivity index (χ1v) is 11.0. The van der Waals surface area contributed by atoms with Gasteiger partial charge in [0.15, 0.2) is 0 Å². The zero-order valence-electron chi connectivity index (χ0n) is 18.9. The molecule has 2 aromatic carbocycles. The van der Waals surface area contributed by atoms with Crippen molar-refractivity contribution in [3.05, 3.63) is 91.1 Å². The Morgan fingerprint density at radius 3 is 2.80 bits per heavy atom. The summed E-state index contributed by atoms with van der Waals surface area (Å²) >= 11 is 0. The molecule has 1 fully saturated rings. The van der Waals surface area contributed by atoms with E-state index in [2.05, 4.69) is 27.6 Å². The molecule has 0 saturated carbocycles. The van der Waals surface area contributed by atoms with Gasteiger partial charge >= 0.3 is 0 Å². The van der Waals surface area contributed by atoms with Crippen LogP contribution in [0.4, 0.5) is 0 Å². The summed E-state index contributed by atoms with van der Waals surface area (Å²) in [7, 11) is 0. The number of carbonyl (C=O) groups excluding carboxylic acids is 2. The fraction of sp³-hybridized carbons (Fsp3) is 0.148. The number of aromatic nitrogens is 2. The maximum absolute atomic E-state index is 11.2. The quantitative estimate of drug-likeness (QED) is 0.327. The second-order valence-electron chi connectivity index (χ2n) is 7.83. The summed E-state index contributed by atoms with van der Waals surface area (Å²) in [5.41, 5.74) is 9.09. The maximum atomic E-state index is 11.2. The highest BCUT2D eigenvalue weighted by Crippen LogP contribution is 2.27. The second-order valence-corrected chi connectivity index (χ2v) is 7.83. The van der Waals surface area contributed by atoms with Gasteiger partial charge in [0.25, 0.3) is 0 Å². The van der Waals surface area contributed by atoms with Gasteiger partial charge in [0, 0.05) is 35.2 Å². The number of hydrogen-bond acceptors (Lipinski definition) is 6. The van der Waals surface area contributed by atoms with Crippen molar-refractivity contribution in [3.63, 3.8) is 0 Å². The summed E-state index contributed by atoms with van der Waals surface area (Å²) in [5, 5.41) is 5.68. The average molecular weight is 469 g/mol. The Labute approximate surface area is 202 Å². The van der Waals surface area contributed by atoms with Gasteiger partial charge in [0.1, 0.15) is 18.6 Å². The molecule has 0 unspecified atom stereocenters. The number of nitrogens with two attached hydrogens (primary N) is 1. The third kappa shape index (κ3) is 6.01. The second kappa shape index (κ2) is 11.0. The highest BCUT2D eigenvalue weighted by Gasteiger charge is 2.21. The number of rotatable bonds is 6. The average Bonchev–Trinajstić information content (AvgIpc) is 3.31. The number of fused-ring (bicyclic) bond motifs is 2. The number of carbonyl (C=O) groups is 2. The van der Waals surface area contributed by atoms with Crippen molar-refractivity contribution in [1.82, 2.24) is 15.3 Å². The van der Waals surface area contributed by atoms with Crippen LogP contribution < -0.4 is 20.5 Å². The summed E-state index contributed by atoms with van der Waals surface area (Å²) in [6, 6.07) is 16.5. The van der Waals surface area contributed by atoms with Gasteiger partial charge in [-0.15, -0.1) is 0 Å². The van der Waals surface area contributed by atoms with Gasteiger partial charge in [-0.3, -0.25) is 14.6 Å². The zero-order valence-corrected chi connectivity index (χ0v) is 18.9. The number of primary amides is 1. The van der Waals surface area contributed by atoms with Crippen molar-refractivity contribution in [2.75, 3.05) is 6.61 Å². The Balaban J connectivity index is 0.000000189. The minimum Gasteiger partial charge on any atom is -0.475 e. The van der Waals surface area contributed by atoms with Crippen LogP contribution in [-0.4, -0.2) is 34.4 Å². The molecule has 0 radical (unpaired) electrons. The van der Waals surface area contributed by atoms with Crippen LogP contribution in [0.5, 0.6) is 11.6 Å². The molecule has 2 amide bonds. The lowest BCUT2D eigenvalue weighted by molar-refractivity contribution is -0.119. The van der Waals surface area contributed by atoms with Crippen LogP contribution in [-0.2, 0) is 4.79 Å². The molecule has 8 heteroatoms. The fourth-order valence-corrected chi connectivity index (χ4v) is 3.63. The minimum absolute atomic E-state index is 0.0488. The van der Waals surface area contributed by atoms with E-state index < -0.39 is 5.91 Å². The zero-order chi connectivity index (χ0) is 24.6. The molecule has 3 heterocycles. The first-order chi connectivity index (χ1) is 17.0. The van der Waals surface area contributed by atoms with Crippen molar-refractivity contribution >= 4 is 33.5 Å². The standard InChI is InChI=1S/C17H16N2O3.C10H8N2O/c1-2-9-21-14-5-3-12-7-8-18-17(15(12)10-14)22-11-13-4-6-16(20)19-13;11-10(13)8-3-4-9-7(6-8)2-1-5-12-9/h3,5,7-10,13H,1,4,6,11H2,(H,19,20);1-6H,(H2,11,13)/t13-;/m0./s1. The molecular weight excluding hydrogens is 444 g/mol. The summed E-state index contributed by atoms with van der Waals surface area (Å²) in [6.45, 7) is 3.87. The highest BCUT2D eigenvalue weighted by molar-refractivity contribution is 5.96. The van der Waals surface area contributed by atoms with Crippen LogP contribution in [0.2, 0.25) is 0 Å². The van der Waals surface area contributed by atoms with Gasteiger partial charge in [-0.05, 0) is 54.3 Å². The number of amides is 2.